The molecule has 0 heterocycles. The van der Waals surface area contributed by atoms with E-state index in [9.17, 15) is 9.18 Å². The summed E-state index contributed by atoms with van der Waals surface area (Å²) >= 11 is 0. The molecule has 5 nitrogen and oxygen atoms in total. The Morgan fingerprint density at radius 2 is 1.95 bits per heavy atom. The van der Waals surface area contributed by atoms with Crippen molar-refractivity contribution in [2.45, 2.75) is 32.4 Å². The largest absolute Gasteiger partial charge is 0.381 e. The van der Waals surface area contributed by atoms with Crippen molar-refractivity contribution in [3.8, 4) is 0 Å². The Morgan fingerprint density at radius 1 is 1.32 bits per heavy atom. The summed E-state index contributed by atoms with van der Waals surface area (Å²) < 4.78 is 18.3. The normalized spacial score (nSPS) is 11.2. The summed E-state index contributed by atoms with van der Waals surface area (Å²) in [5, 5.41) is 5.83. The van der Waals surface area contributed by atoms with Crippen molar-refractivity contribution in [3.05, 3.63) is 24.0 Å². The van der Waals surface area contributed by atoms with E-state index < -0.39 is 0 Å². The van der Waals surface area contributed by atoms with Gasteiger partial charge in [0.05, 0.1) is 23.9 Å². The van der Waals surface area contributed by atoms with Crippen LogP contribution in [0.15, 0.2) is 18.2 Å². The van der Waals surface area contributed by atoms with Gasteiger partial charge in [0, 0.05) is 19.7 Å². The number of nitrogens with two attached hydrogens (primary N) is 1. The maximum absolute atomic E-state index is 13.3. The number of rotatable bonds is 7. The van der Waals surface area contributed by atoms with Crippen LogP contribution in [-0.4, -0.2) is 31.7 Å². The number of carbonyl (C=O) groups excluding carboxylic acids is 1. The van der Waals surface area contributed by atoms with Crippen molar-refractivity contribution in [2.75, 3.05) is 24.3 Å². The number of ether oxygens (including phenoxy) is 1. The van der Waals surface area contributed by atoms with Crippen LogP contribution in [-0.2, 0) is 9.53 Å². The fourth-order valence-corrected chi connectivity index (χ4v) is 1.73. The van der Waals surface area contributed by atoms with Gasteiger partial charge in [0.25, 0.3) is 0 Å². The molecule has 1 rings (SSSR count). The molecule has 0 saturated carbocycles. The average Bonchev–Trinajstić information content (AvgIpc) is 2.38. The van der Waals surface area contributed by atoms with Gasteiger partial charge in [0.2, 0.25) is 5.91 Å². The molecule has 128 valence electrons. The highest BCUT2D eigenvalue weighted by atomic mass is 35.5. The minimum atomic E-state index is -0.358. The van der Waals surface area contributed by atoms with E-state index in [-0.39, 0.29) is 61.6 Å². The van der Waals surface area contributed by atoms with E-state index in [1.54, 1.807) is 0 Å². The van der Waals surface area contributed by atoms with E-state index in [1.807, 2.05) is 13.8 Å². The summed E-state index contributed by atoms with van der Waals surface area (Å²) in [6.07, 6.45) is -0.164. The number of amides is 1. The third-order valence-electron chi connectivity index (χ3n) is 2.71. The van der Waals surface area contributed by atoms with Crippen LogP contribution in [0.5, 0.6) is 0 Å². The second-order valence-corrected chi connectivity index (χ2v) is 4.83. The first-order chi connectivity index (χ1) is 9.46. The first kappa shape index (κ1) is 23.2. The zero-order chi connectivity index (χ0) is 15.1. The molecule has 1 aromatic rings. The number of carbonyl (C=O) groups is 1. The Balaban J connectivity index is 0. The highest BCUT2D eigenvalue weighted by molar-refractivity contribution is 5.94. The predicted molar refractivity (Wildman–Crippen MR) is 92.8 cm³/mol. The van der Waals surface area contributed by atoms with Crippen molar-refractivity contribution < 1.29 is 13.9 Å². The molecule has 0 bridgehead atoms. The molecule has 8 heteroatoms. The fraction of sp³-hybridized carbons (Fsp3) is 0.500. The van der Waals surface area contributed by atoms with Gasteiger partial charge in [-0.2, -0.15) is 0 Å². The number of benzene rings is 1. The van der Waals surface area contributed by atoms with Crippen LogP contribution in [0.4, 0.5) is 15.8 Å². The van der Waals surface area contributed by atoms with E-state index in [0.29, 0.717) is 11.4 Å². The average molecular weight is 356 g/mol. The van der Waals surface area contributed by atoms with Crippen molar-refractivity contribution in [1.29, 1.82) is 0 Å². The minimum absolute atomic E-state index is 0. The van der Waals surface area contributed by atoms with Crippen molar-refractivity contribution in [3.63, 3.8) is 0 Å². The lowest BCUT2D eigenvalue weighted by atomic mass is 10.2. The summed E-state index contributed by atoms with van der Waals surface area (Å²) in [6.45, 7) is 4.14. The first-order valence-corrected chi connectivity index (χ1v) is 6.55. The molecule has 0 fully saturated rings. The number of methoxy groups -OCH3 is 1. The number of hydrogen-bond acceptors (Lipinski definition) is 4. The van der Waals surface area contributed by atoms with Crippen LogP contribution in [0.1, 0.15) is 20.3 Å². The summed E-state index contributed by atoms with van der Waals surface area (Å²) in [7, 11) is 1.51. The van der Waals surface area contributed by atoms with Gasteiger partial charge < -0.3 is 21.1 Å². The Bertz CT molecular complexity index is 458. The van der Waals surface area contributed by atoms with Crippen LogP contribution in [0.25, 0.3) is 0 Å². The molecule has 22 heavy (non-hydrogen) atoms. The van der Waals surface area contributed by atoms with Gasteiger partial charge in [-0.3, -0.25) is 4.79 Å². The molecule has 0 radical (unpaired) electrons. The Kier molecular flexibility index (Phi) is 12.1. The third kappa shape index (κ3) is 7.79. The highest BCUT2D eigenvalue weighted by Gasteiger charge is 2.13. The van der Waals surface area contributed by atoms with Gasteiger partial charge in [-0.1, -0.05) is 0 Å². The first-order valence-electron chi connectivity index (χ1n) is 6.55. The molecule has 0 spiro atoms. The van der Waals surface area contributed by atoms with Crippen molar-refractivity contribution in [2.24, 2.45) is 5.73 Å². The van der Waals surface area contributed by atoms with E-state index in [0.717, 1.165) is 0 Å². The predicted octanol–water partition coefficient (Wildman–Crippen LogP) is 2.79. The molecule has 1 aromatic carbocycles. The number of anilines is 2. The van der Waals surface area contributed by atoms with Crippen LogP contribution in [0.2, 0.25) is 0 Å². The van der Waals surface area contributed by atoms with Crippen LogP contribution in [0.3, 0.4) is 0 Å². The molecule has 0 aliphatic rings. The topological polar surface area (TPSA) is 76.4 Å². The molecular weight excluding hydrogens is 332 g/mol. The van der Waals surface area contributed by atoms with E-state index in [4.69, 9.17) is 10.5 Å². The lowest BCUT2D eigenvalue weighted by molar-refractivity contribution is -0.118. The van der Waals surface area contributed by atoms with Crippen LogP contribution < -0.4 is 16.4 Å². The molecule has 1 amide bonds. The Labute approximate surface area is 143 Å². The maximum atomic E-state index is 13.3. The summed E-state index contributed by atoms with van der Waals surface area (Å²) in [5.41, 5.74) is 6.56. The van der Waals surface area contributed by atoms with Crippen LogP contribution in [0, 0.1) is 5.82 Å². The minimum Gasteiger partial charge on any atom is -0.381 e. The molecule has 0 saturated heterocycles. The molecule has 1 atom stereocenters. The van der Waals surface area contributed by atoms with E-state index in [2.05, 4.69) is 10.6 Å². The molecule has 0 aliphatic heterocycles. The number of nitrogens with one attached hydrogen (secondary N) is 2. The molecule has 0 aromatic heterocycles. The lowest BCUT2D eigenvalue weighted by Gasteiger charge is -2.17. The number of halogens is 3. The van der Waals surface area contributed by atoms with Gasteiger partial charge in [0.1, 0.15) is 5.82 Å². The van der Waals surface area contributed by atoms with Gasteiger partial charge in [0.15, 0.2) is 0 Å². The molecule has 0 aliphatic carbocycles. The van der Waals surface area contributed by atoms with Crippen molar-refractivity contribution >= 4 is 42.1 Å². The summed E-state index contributed by atoms with van der Waals surface area (Å²) in [5.74, 6) is -0.580. The lowest BCUT2D eigenvalue weighted by Crippen LogP contribution is -2.28. The zero-order valence-corrected chi connectivity index (χ0v) is 14.5. The highest BCUT2D eigenvalue weighted by Crippen LogP contribution is 2.23. The van der Waals surface area contributed by atoms with Crippen LogP contribution >= 0.6 is 24.8 Å². The monoisotopic (exact) mass is 355 g/mol. The molecule has 1 unspecified atom stereocenters. The summed E-state index contributed by atoms with van der Waals surface area (Å²) in [4.78, 5) is 11.9. The van der Waals surface area contributed by atoms with Gasteiger partial charge in [-0.05, 0) is 32.0 Å². The smallest absolute Gasteiger partial charge is 0.227 e. The van der Waals surface area contributed by atoms with Crippen molar-refractivity contribution in [1.82, 2.24) is 0 Å². The maximum Gasteiger partial charge on any atom is 0.227 e. The second-order valence-electron chi connectivity index (χ2n) is 4.83. The molecule has 4 N–H and O–H groups in total. The molecular formula is C14H24Cl2FN3O2. The van der Waals surface area contributed by atoms with Gasteiger partial charge in [-0.15, -0.1) is 24.8 Å². The van der Waals surface area contributed by atoms with E-state index in [1.165, 1.54) is 25.3 Å². The number of hydrogen-bond donors (Lipinski definition) is 3. The second kappa shape index (κ2) is 11.5. The van der Waals surface area contributed by atoms with Gasteiger partial charge in [-0.25, -0.2) is 4.39 Å². The SMILES string of the molecule is COC(CN)CC(=O)Nc1ccc(F)cc1NC(C)C.Cl.Cl. The Morgan fingerprint density at radius 3 is 2.45 bits per heavy atom. The van der Waals surface area contributed by atoms with E-state index >= 15 is 0 Å². The summed E-state index contributed by atoms with van der Waals surface area (Å²) in [6, 6.07) is 4.31. The zero-order valence-electron chi connectivity index (χ0n) is 12.9. The Hall–Kier alpha value is -1.08. The fourth-order valence-electron chi connectivity index (χ4n) is 1.73. The standard InChI is InChI=1S/C14H22FN3O2.2ClH/c1-9(2)17-13-6-10(15)4-5-12(13)18-14(19)7-11(8-16)20-3;;/h4-6,9,11,17H,7-8,16H2,1-3H3,(H,18,19);2*1H. The van der Waals surface area contributed by atoms with Gasteiger partial charge >= 0.3 is 0 Å². The third-order valence-corrected chi connectivity index (χ3v) is 2.71. The quantitative estimate of drug-likeness (QED) is 0.702.